The molecule has 0 unspecified atom stereocenters. The predicted octanol–water partition coefficient (Wildman–Crippen LogP) is 4.05. The van der Waals surface area contributed by atoms with Crippen molar-refractivity contribution in [3.63, 3.8) is 0 Å². The van der Waals surface area contributed by atoms with Crippen LogP contribution in [-0.2, 0) is 19.4 Å². The van der Waals surface area contributed by atoms with Gasteiger partial charge in [0.25, 0.3) is 0 Å². The second-order valence-electron chi connectivity index (χ2n) is 6.77. The summed E-state index contributed by atoms with van der Waals surface area (Å²) < 4.78 is 0. The Labute approximate surface area is 128 Å². The zero-order valence-corrected chi connectivity index (χ0v) is 13.4. The molecule has 0 saturated heterocycles. The van der Waals surface area contributed by atoms with Gasteiger partial charge in [0, 0.05) is 24.6 Å². The van der Waals surface area contributed by atoms with Crippen LogP contribution in [0.2, 0.25) is 0 Å². The van der Waals surface area contributed by atoms with Crippen molar-refractivity contribution in [3.8, 4) is 0 Å². The molecule has 0 aliphatic heterocycles. The molecule has 2 aliphatic rings. The summed E-state index contributed by atoms with van der Waals surface area (Å²) in [4.78, 5) is 12.2. The smallest absolute Gasteiger partial charge is 0.163 e. The van der Waals surface area contributed by atoms with E-state index in [-0.39, 0.29) is 0 Å². The van der Waals surface area contributed by atoms with Crippen LogP contribution in [0.5, 0.6) is 0 Å². The van der Waals surface area contributed by atoms with Gasteiger partial charge >= 0.3 is 0 Å². The molecule has 0 amide bonds. The summed E-state index contributed by atoms with van der Waals surface area (Å²) in [6.07, 6.45) is 8.00. The summed E-state index contributed by atoms with van der Waals surface area (Å²) in [5.74, 6) is 1.20. The molecule has 1 saturated carbocycles. The van der Waals surface area contributed by atoms with Crippen LogP contribution in [0.25, 0.3) is 0 Å². The quantitative estimate of drug-likeness (QED) is 0.884. The second-order valence-corrected chi connectivity index (χ2v) is 6.77. The van der Waals surface area contributed by atoms with E-state index in [4.69, 9.17) is 0 Å². The van der Waals surface area contributed by atoms with Gasteiger partial charge < -0.3 is 5.32 Å². The summed E-state index contributed by atoms with van der Waals surface area (Å²) in [5, 5.41) is 3.66. The van der Waals surface area contributed by atoms with Crippen LogP contribution in [0.1, 0.15) is 73.0 Å². The molecule has 1 N–H and O–H groups in total. The normalized spacial score (nSPS) is 20.0. The first kappa shape index (κ1) is 14.8. The molecule has 2 heteroatoms. The van der Waals surface area contributed by atoms with Crippen LogP contribution in [0.4, 0.5) is 0 Å². The number of nitrogens with one attached hydrogen (secondary N) is 1. The molecule has 2 nitrogen and oxygen atoms in total. The van der Waals surface area contributed by atoms with Crippen molar-refractivity contribution >= 4 is 5.78 Å². The maximum Gasteiger partial charge on any atom is 0.163 e. The first-order valence-electron chi connectivity index (χ1n) is 8.60. The Balaban J connectivity index is 1.75. The first-order valence-corrected chi connectivity index (χ1v) is 8.60. The lowest BCUT2D eigenvalue weighted by Gasteiger charge is -2.32. The monoisotopic (exact) mass is 285 g/mol. The number of carbonyl (C=O) groups is 1. The molecule has 0 aromatic heterocycles. The fourth-order valence-electron chi connectivity index (χ4n) is 3.71. The summed E-state index contributed by atoms with van der Waals surface area (Å²) in [5.41, 5.74) is 5.00. The second kappa shape index (κ2) is 6.31. The van der Waals surface area contributed by atoms with Crippen LogP contribution in [-0.4, -0.2) is 11.8 Å². The van der Waals surface area contributed by atoms with E-state index in [1.54, 1.807) is 0 Å². The Morgan fingerprint density at radius 1 is 1.24 bits per heavy atom. The standard InChI is InChI=1S/C19H27NO/c1-3-15-10-14(12-20-13(2)16-6-4-7-16)11-18-17(15)8-5-9-19(18)21/h10-11,13,16,20H,3-9,12H2,1-2H3/t13-/m0/s1. The molecule has 114 valence electrons. The molecular formula is C19H27NO. The van der Waals surface area contributed by atoms with Gasteiger partial charge in [-0.1, -0.05) is 19.4 Å². The molecule has 1 atom stereocenters. The van der Waals surface area contributed by atoms with Gasteiger partial charge in [-0.15, -0.1) is 0 Å². The van der Waals surface area contributed by atoms with Crippen LogP contribution < -0.4 is 5.32 Å². The third-order valence-electron chi connectivity index (χ3n) is 5.40. The fourth-order valence-corrected chi connectivity index (χ4v) is 3.71. The third kappa shape index (κ3) is 3.06. The molecule has 1 aromatic rings. The summed E-state index contributed by atoms with van der Waals surface area (Å²) in [6.45, 7) is 5.39. The van der Waals surface area contributed by atoms with Gasteiger partial charge in [0.2, 0.25) is 0 Å². The van der Waals surface area contributed by atoms with Crippen LogP contribution in [0.15, 0.2) is 12.1 Å². The van der Waals surface area contributed by atoms with E-state index in [1.807, 2.05) is 0 Å². The molecule has 0 radical (unpaired) electrons. The van der Waals surface area contributed by atoms with Crippen molar-refractivity contribution in [2.45, 2.75) is 71.4 Å². The number of rotatable bonds is 5. The minimum absolute atomic E-state index is 0.347. The Morgan fingerprint density at radius 3 is 2.71 bits per heavy atom. The average molecular weight is 285 g/mol. The Bertz CT molecular complexity index is 531. The lowest BCUT2D eigenvalue weighted by atomic mass is 9.80. The maximum absolute atomic E-state index is 12.2. The van der Waals surface area contributed by atoms with Gasteiger partial charge in [0.1, 0.15) is 0 Å². The highest BCUT2D eigenvalue weighted by molar-refractivity contribution is 5.99. The van der Waals surface area contributed by atoms with Crippen LogP contribution in [0.3, 0.4) is 0 Å². The Hall–Kier alpha value is -1.15. The summed E-state index contributed by atoms with van der Waals surface area (Å²) in [6, 6.07) is 5.06. The van der Waals surface area contributed by atoms with Gasteiger partial charge in [0.15, 0.2) is 5.78 Å². The molecule has 0 bridgehead atoms. The molecule has 1 fully saturated rings. The van der Waals surface area contributed by atoms with Crippen molar-refractivity contribution < 1.29 is 4.79 Å². The maximum atomic E-state index is 12.2. The average Bonchev–Trinajstić information content (AvgIpc) is 2.43. The van der Waals surface area contributed by atoms with Gasteiger partial charge in [0.05, 0.1) is 0 Å². The minimum Gasteiger partial charge on any atom is -0.310 e. The van der Waals surface area contributed by atoms with Crippen molar-refractivity contribution in [1.29, 1.82) is 0 Å². The highest BCUT2D eigenvalue weighted by atomic mass is 16.1. The number of benzene rings is 1. The molecule has 0 spiro atoms. The van der Waals surface area contributed by atoms with E-state index in [2.05, 4.69) is 31.3 Å². The minimum atomic E-state index is 0.347. The molecule has 3 rings (SSSR count). The van der Waals surface area contributed by atoms with Crippen LogP contribution in [0, 0.1) is 5.92 Å². The zero-order valence-electron chi connectivity index (χ0n) is 13.4. The van der Waals surface area contributed by atoms with E-state index in [0.717, 1.165) is 43.7 Å². The highest BCUT2D eigenvalue weighted by Gasteiger charge is 2.24. The highest BCUT2D eigenvalue weighted by Crippen LogP contribution is 2.30. The number of ketones is 1. The summed E-state index contributed by atoms with van der Waals surface area (Å²) >= 11 is 0. The largest absolute Gasteiger partial charge is 0.310 e. The number of Topliss-reactive ketones (excluding diaryl/α,β-unsaturated/α-hetero) is 1. The van der Waals surface area contributed by atoms with E-state index in [1.165, 1.54) is 36.0 Å². The van der Waals surface area contributed by atoms with Crippen molar-refractivity contribution in [2.75, 3.05) is 0 Å². The van der Waals surface area contributed by atoms with Gasteiger partial charge in [-0.2, -0.15) is 0 Å². The Morgan fingerprint density at radius 2 is 2.05 bits per heavy atom. The van der Waals surface area contributed by atoms with E-state index < -0.39 is 0 Å². The van der Waals surface area contributed by atoms with E-state index in [0.29, 0.717) is 11.8 Å². The van der Waals surface area contributed by atoms with E-state index >= 15 is 0 Å². The molecule has 2 aliphatic carbocycles. The SMILES string of the molecule is CCc1cc(CN[C@@H](C)C2CCC2)cc2c1CCCC2=O. The van der Waals surface area contributed by atoms with Gasteiger partial charge in [-0.3, -0.25) is 4.79 Å². The van der Waals surface area contributed by atoms with E-state index in [9.17, 15) is 4.79 Å². The first-order chi connectivity index (χ1) is 10.2. The lowest BCUT2D eigenvalue weighted by Crippen LogP contribution is -2.36. The number of hydrogen-bond acceptors (Lipinski definition) is 2. The number of carbonyl (C=O) groups excluding carboxylic acids is 1. The molecular weight excluding hydrogens is 258 g/mol. The van der Waals surface area contributed by atoms with Gasteiger partial charge in [-0.25, -0.2) is 0 Å². The summed E-state index contributed by atoms with van der Waals surface area (Å²) in [7, 11) is 0. The van der Waals surface area contributed by atoms with Crippen LogP contribution >= 0.6 is 0 Å². The lowest BCUT2D eigenvalue weighted by molar-refractivity contribution is 0.0972. The number of hydrogen-bond donors (Lipinski definition) is 1. The predicted molar refractivity (Wildman–Crippen MR) is 86.7 cm³/mol. The van der Waals surface area contributed by atoms with Crippen molar-refractivity contribution in [2.24, 2.45) is 5.92 Å². The molecule has 1 aromatic carbocycles. The Kier molecular flexibility index (Phi) is 4.44. The number of fused-ring (bicyclic) bond motifs is 1. The van der Waals surface area contributed by atoms with Crippen molar-refractivity contribution in [1.82, 2.24) is 5.32 Å². The number of aryl methyl sites for hydroxylation is 1. The van der Waals surface area contributed by atoms with Gasteiger partial charge in [-0.05, 0) is 67.7 Å². The topological polar surface area (TPSA) is 29.1 Å². The molecule has 21 heavy (non-hydrogen) atoms. The third-order valence-corrected chi connectivity index (χ3v) is 5.40. The van der Waals surface area contributed by atoms with Crippen molar-refractivity contribution in [3.05, 3.63) is 34.4 Å². The fraction of sp³-hybridized carbons (Fsp3) is 0.632. The molecule has 0 heterocycles. The zero-order chi connectivity index (χ0) is 14.8.